The van der Waals surface area contributed by atoms with Crippen molar-refractivity contribution in [3.63, 3.8) is 0 Å². The van der Waals surface area contributed by atoms with Gasteiger partial charge in [0.25, 0.3) is 5.56 Å². The average Bonchev–Trinajstić information content (AvgIpc) is 3.48. The zero-order chi connectivity index (χ0) is 35.2. The number of hydrogen-bond acceptors (Lipinski definition) is 6. The molecule has 0 spiro atoms. The highest BCUT2D eigenvalue weighted by atomic mass is 28.3. The first kappa shape index (κ1) is 33.8. The molecule has 0 fully saturated rings. The summed E-state index contributed by atoms with van der Waals surface area (Å²) in [5.41, 5.74) is 4.36. The molecule has 1 aromatic heterocycles. The topological polar surface area (TPSA) is 106 Å². The molecule has 3 heterocycles. The Morgan fingerprint density at radius 3 is 2.42 bits per heavy atom. The van der Waals surface area contributed by atoms with E-state index in [4.69, 9.17) is 14.2 Å². The number of para-hydroxylation sites is 1. The van der Waals surface area contributed by atoms with Crippen molar-refractivity contribution in [3.05, 3.63) is 118 Å². The normalized spacial score (nSPS) is 20.9. The number of hydrogen-bond donors (Lipinski definition) is 2. The van der Waals surface area contributed by atoms with E-state index in [1.54, 1.807) is 18.9 Å². The number of nitrogens with zero attached hydrogens (tertiary/aromatic N) is 2. The minimum absolute atomic E-state index is 0.0155. The maximum absolute atomic E-state index is 14.5. The molecule has 0 radical (unpaired) electrons. The molecule has 2 N–H and O–H groups in total. The van der Waals surface area contributed by atoms with Crippen LogP contribution in [0.1, 0.15) is 36.1 Å². The molecule has 2 aliphatic rings. The van der Waals surface area contributed by atoms with Crippen molar-refractivity contribution in [2.24, 2.45) is 5.92 Å². The van der Waals surface area contributed by atoms with Gasteiger partial charge in [0.05, 0.1) is 50.5 Å². The number of aromatic amines is 1. The second-order valence-electron chi connectivity index (χ2n) is 14.2. The molecular formula is C40H45N3O6Si. The van der Waals surface area contributed by atoms with Gasteiger partial charge in [0.15, 0.2) is 0 Å². The van der Waals surface area contributed by atoms with E-state index in [1.807, 2.05) is 71.6 Å². The maximum Gasteiger partial charge on any atom is 0.279 e. The van der Waals surface area contributed by atoms with E-state index < -0.39 is 8.07 Å². The summed E-state index contributed by atoms with van der Waals surface area (Å²) in [4.78, 5) is 29.7. The molecule has 1 unspecified atom stereocenters. The largest absolute Gasteiger partial charge is 0.497 e. The fraction of sp³-hybridized carbons (Fsp3) is 0.350. The van der Waals surface area contributed by atoms with E-state index >= 15 is 0 Å². The van der Waals surface area contributed by atoms with Crippen LogP contribution in [0.2, 0.25) is 18.6 Å². The van der Waals surface area contributed by atoms with Crippen molar-refractivity contribution in [1.29, 1.82) is 0 Å². The van der Waals surface area contributed by atoms with E-state index in [0.717, 1.165) is 22.4 Å². The lowest BCUT2D eigenvalue weighted by atomic mass is 9.86. The van der Waals surface area contributed by atoms with Crippen molar-refractivity contribution in [3.8, 4) is 17.2 Å². The third-order valence-corrected chi connectivity index (χ3v) is 15.3. The van der Waals surface area contributed by atoms with Gasteiger partial charge >= 0.3 is 0 Å². The monoisotopic (exact) mass is 691 g/mol. The molecule has 260 valence electrons. The predicted molar refractivity (Wildman–Crippen MR) is 197 cm³/mol. The quantitative estimate of drug-likeness (QED) is 0.191. The third-order valence-electron chi connectivity index (χ3n) is 11.1. The van der Waals surface area contributed by atoms with Crippen molar-refractivity contribution in [1.82, 2.24) is 14.7 Å². The fourth-order valence-corrected chi connectivity index (χ4v) is 11.4. The Balaban J connectivity index is 1.26. The highest BCUT2D eigenvalue weighted by Crippen LogP contribution is 2.48. The molecule has 1 amide bonds. The number of carbonyl (C=O) groups excluding carboxylic acids is 1. The molecule has 0 saturated carbocycles. The molecule has 50 heavy (non-hydrogen) atoms. The van der Waals surface area contributed by atoms with Crippen LogP contribution < -0.4 is 20.2 Å². The standard InChI is InChI=1S/C40H45N3O6Si/c1-25-38(48-3)33-21-28(43-40(46)32-12-8-9-13-34(32)41-43)14-19-35(33)49-39(25)36(50(4,5)31-17-15-30(47-2)16-18-31)22-37(45)42-23-27-11-7-6-10-26(27)20-29(42)24-44/h6-19,21,25,29,36,38-39,41,44H,20,22-24H2,1-5H3/t25-,29+,36?,38-,39-/m1/s1. The first-order valence-electron chi connectivity index (χ1n) is 17.3. The van der Waals surface area contributed by atoms with Gasteiger partial charge in [-0.25, -0.2) is 4.68 Å². The number of aliphatic hydroxyl groups excluding tert-OH is 1. The summed E-state index contributed by atoms with van der Waals surface area (Å²) in [6.07, 6.45) is 0.216. The van der Waals surface area contributed by atoms with Crippen molar-refractivity contribution >= 4 is 30.1 Å². The van der Waals surface area contributed by atoms with Crippen LogP contribution in [0.25, 0.3) is 16.6 Å². The summed E-state index contributed by atoms with van der Waals surface area (Å²) >= 11 is 0. The molecule has 0 bridgehead atoms. The van der Waals surface area contributed by atoms with Crippen LogP contribution in [0.3, 0.4) is 0 Å². The fourth-order valence-electron chi connectivity index (χ4n) is 8.11. The lowest BCUT2D eigenvalue weighted by Crippen LogP contribution is -2.56. The van der Waals surface area contributed by atoms with Gasteiger partial charge in [0.1, 0.15) is 17.6 Å². The van der Waals surface area contributed by atoms with Gasteiger partial charge in [-0.2, -0.15) is 0 Å². The second-order valence-corrected chi connectivity index (χ2v) is 19.0. The van der Waals surface area contributed by atoms with Crippen LogP contribution in [0.5, 0.6) is 11.5 Å². The summed E-state index contributed by atoms with van der Waals surface area (Å²) in [7, 11) is 0.912. The average molecular weight is 692 g/mol. The number of aromatic nitrogens is 2. The molecule has 7 rings (SSSR count). The molecular weight excluding hydrogens is 647 g/mol. The Morgan fingerprint density at radius 2 is 1.72 bits per heavy atom. The number of H-pyrrole nitrogens is 1. The zero-order valence-electron chi connectivity index (χ0n) is 29.3. The molecule has 0 saturated heterocycles. The van der Waals surface area contributed by atoms with E-state index in [-0.39, 0.29) is 54.2 Å². The summed E-state index contributed by atoms with van der Waals surface area (Å²) in [6, 6.07) is 29.3. The number of methoxy groups -OCH3 is 2. The summed E-state index contributed by atoms with van der Waals surface area (Å²) < 4.78 is 20.2. The van der Waals surface area contributed by atoms with E-state index in [0.29, 0.717) is 29.8 Å². The van der Waals surface area contributed by atoms with Crippen molar-refractivity contribution < 1.29 is 24.1 Å². The lowest BCUT2D eigenvalue weighted by molar-refractivity contribution is -0.136. The molecule has 4 aromatic carbocycles. The number of benzene rings is 4. The smallest absolute Gasteiger partial charge is 0.279 e. The Hall–Kier alpha value is -4.64. The zero-order valence-corrected chi connectivity index (χ0v) is 30.3. The van der Waals surface area contributed by atoms with Gasteiger partial charge in [-0.3, -0.25) is 14.7 Å². The van der Waals surface area contributed by atoms with Crippen molar-refractivity contribution in [2.45, 2.75) is 63.2 Å². The summed E-state index contributed by atoms with van der Waals surface area (Å²) in [5, 5.41) is 15.5. The SMILES string of the molecule is COc1ccc([Si](C)(C)C(CC(=O)N2Cc3ccccc3C[C@H]2CO)[C@@H]2Oc3ccc(-n4[nH]c5ccccc5c4=O)cc3[C@H](OC)[C@H]2C)cc1. The minimum atomic E-state index is -2.45. The van der Waals surface area contributed by atoms with Crippen LogP contribution in [0.15, 0.2) is 95.8 Å². The number of amides is 1. The number of ether oxygens (including phenoxy) is 3. The molecule has 2 aliphatic heterocycles. The van der Waals surface area contributed by atoms with Crippen LogP contribution in [-0.2, 0) is 22.5 Å². The van der Waals surface area contributed by atoms with Gasteiger partial charge in [-0.1, -0.05) is 73.7 Å². The van der Waals surface area contributed by atoms with Crippen LogP contribution in [0, 0.1) is 5.92 Å². The van der Waals surface area contributed by atoms with Crippen molar-refractivity contribution in [2.75, 3.05) is 20.8 Å². The van der Waals surface area contributed by atoms with Gasteiger partial charge in [-0.15, -0.1) is 0 Å². The van der Waals surface area contributed by atoms with Gasteiger partial charge in [-0.05, 0) is 60.0 Å². The van der Waals surface area contributed by atoms with Gasteiger partial charge in [0.2, 0.25) is 5.91 Å². The first-order chi connectivity index (χ1) is 24.1. The molecule has 0 aliphatic carbocycles. The Morgan fingerprint density at radius 1 is 1.00 bits per heavy atom. The first-order valence-corrected chi connectivity index (χ1v) is 20.4. The Bertz CT molecular complexity index is 2070. The highest BCUT2D eigenvalue weighted by Gasteiger charge is 2.49. The number of fused-ring (bicyclic) bond motifs is 3. The number of carbonyl (C=O) groups is 1. The maximum atomic E-state index is 14.5. The highest BCUT2D eigenvalue weighted by molar-refractivity contribution is 6.91. The molecule has 5 atom stereocenters. The van der Waals surface area contributed by atoms with Crippen LogP contribution in [-0.4, -0.2) is 66.7 Å². The van der Waals surface area contributed by atoms with Crippen LogP contribution in [0.4, 0.5) is 0 Å². The van der Waals surface area contributed by atoms with E-state index in [1.165, 1.54) is 10.8 Å². The summed E-state index contributed by atoms with van der Waals surface area (Å²) in [5.74, 6) is 1.36. The number of rotatable bonds is 9. The lowest BCUT2D eigenvalue weighted by Gasteiger charge is -2.46. The van der Waals surface area contributed by atoms with Crippen LogP contribution >= 0.6 is 0 Å². The Labute approximate surface area is 293 Å². The van der Waals surface area contributed by atoms with E-state index in [2.05, 4.69) is 49.4 Å². The number of aliphatic hydroxyl groups is 1. The van der Waals surface area contributed by atoms with E-state index in [9.17, 15) is 14.7 Å². The molecule has 5 aromatic rings. The summed E-state index contributed by atoms with van der Waals surface area (Å²) in [6.45, 7) is 7.12. The number of nitrogens with one attached hydrogen (secondary N) is 1. The van der Waals surface area contributed by atoms with Gasteiger partial charge < -0.3 is 24.2 Å². The second kappa shape index (κ2) is 13.6. The van der Waals surface area contributed by atoms with Gasteiger partial charge in [0, 0.05) is 37.1 Å². The third kappa shape index (κ3) is 5.95. The molecule has 10 heteroatoms. The molecule has 9 nitrogen and oxygen atoms in total. The Kier molecular flexibility index (Phi) is 9.19. The minimum Gasteiger partial charge on any atom is -0.497 e. The predicted octanol–water partition coefficient (Wildman–Crippen LogP) is 5.73.